The molecule has 0 spiro atoms. The summed E-state index contributed by atoms with van der Waals surface area (Å²) in [5, 5.41) is 11.6. The SMILES string of the molecule is O=[N+]([O-])C1C[C@@H](OCc2ccccc2)[C@H](OCc2ccccc2)[C@@H](COCc2ccccc2)O1. The lowest BCUT2D eigenvalue weighted by Crippen LogP contribution is -2.54. The Labute approximate surface area is 199 Å². The molecule has 1 aliphatic heterocycles. The van der Waals surface area contributed by atoms with Crippen molar-refractivity contribution in [3.8, 4) is 0 Å². The van der Waals surface area contributed by atoms with Gasteiger partial charge in [-0.1, -0.05) is 91.0 Å². The predicted molar refractivity (Wildman–Crippen MR) is 126 cm³/mol. The summed E-state index contributed by atoms with van der Waals surface area (Å²) in [5.74, 6) is 0. The maximum absolute atomic E-state index is 11.6. The predicted octanol–water partition coefficient (Wildman–Crippen LogP) is 4.77. The molecule has 7 nitrogen and oxygen atoms in total. The van der Waals surface area contributed by atoms with Crippen LogP contribution >= 0.6 is 0 Å². The summed E-state index contributed by atoms with van der Waals surface area (Å²) in [6.45, 7) is 1.21. The maximum atomic E-state index is 11.6. The first-order valence-electron chi connectivity index (χ1n) is 11.4. The lowest BCUT2D eigenvalue weighted by molar-refractivity contribution is -0.591. The highest BCUT2D eigenvalue weighted by molar-refractivity contribution is 5.15. The van der Waals surface area contributed by atoms with Crippen LogP contribution in [0.1, 0.15) is 23.1 Å². The Balaban J connectivity index is 1.47. The van der Waals surface area contributed by atoms with Gasteiger partial charge in [0.15, 0.2) is 0 Å². The van der Waals surface area contributed by atoms with Crippen LogP contribution in [0.15, 0.2) is 91.0 Å². The van der Waals surface area contributed by atoms with Gasteiger partial charge in [-0.3, -0.25) is 10.1 Å². The van der Waals surface area contributed by atoms with E-state index in [1.54, 1.807) is 0 Å². The molecule has 34 heavy (non-hydrogen) atoms. The first-order chi connectivity index (χ1) is 16.7. The normalized spacial score (nSPS) is 22.4. The van der Waals surface area contributed by atoms with Crippen LogP contribution in [0.2, 0.25) is 0 Å². The van der Waals surface area contributed by atoms with Gasteiger partial charge in [0.25, 0.3) is 0 Å². The molecule has 0 aliphatic carbocycles. The van der Waals surface area contributed by atoms with Crippen molar-refractivity contribution < 1.29 is 23.9 Å². The molecular formula is C27H29NO6. The second-order valence-electron chi connectivity index (χ2n) is 8.25. The summed E-state index contributed by atoms with van der Waals surface area (Å²) >= 11 is 0. The highest BCUT2D eigenvalue weighted by Gasteiger charge is 2.45. The fourth-order valence-corrected chi connectivity index (χ4v) is 3.97. The van der Waals surface area contributed by atoms with Crippen LogP contribution in [0.3, 0.4) is 0 Å². The molecule has 3 aromatic rings. The summed E-state index contributed by atoms with van der Waals surface area (Å²) in [6.07, 6.45) is -2.75. The third kappa shape index (κ3) is 6.95. The zero-order chi connectivity index (χ0) is 23.6. The number of nitro groups is 1. The fourth-order valence-electron chi connectivity index (χ4n) is 3.97. The molecule has 0 radical (unpaired) electrons. The van der Waals surface area contributed by atoms with Crippen LogP contribution in [0.5, 0.6) is 0 Å². The molecule has 0 N–H and O–H groups in total. The molecule has 1 saturated heterocycles. The number of nitrogens with zero attached hydrogens (tertiary/aromatic N) is 1. The van der Waals surface area contributed by atoms with Crippen LogP contribution in [-0.4, -0.2) is 36.1 Å². The average Bonchev–Trinajstić information content (AvgIpc) is 2.88. The van der Waals surface area contributed by atoms with E-state index in [0.717, 1.165) is 16.7 Å². The average molecular weight is 464 g/mol. The van der Waals surface area contributed by atoms with Gasteiger partial charge in [0, 0.05) is 0 Å². The number of rotatable bonds is 11. The molecule has 0 saturated carbocycles. The van der Waals surface area contributed by atoms with Crippen LogP contribution in [0.4, 0.5) is 0 Å². The Bertz CT molecular complexity index is 1000. The number of ether oxygens (including phenoxy) is 4. The van der Waals surface area contributed by atoms with Crippen LogP contribution in [0, 0.1) is 10.1 Å². The topological polar surface area (TPSA) is 80.1 Å². The van der Waals surface area contributed by atoms with Gasteiger partial charge in [-0.25, -0.2) is 0 Å². The molecular weight excluding hydrogens is 434 g/mol. The van der Waals surface area contributed by atoms with E-state index in [0.29, 0.717) is 19.8 Å². The second kappa shape index (κ2) is 12.4. The number of hydrogen-bond donors (Lipinski definition) is 0. The Morgan fingerprint density at radius 2 is 1.26 bits per heavy atom. The molecule has 178 valence electrons. The number of benzene rings is 3. The molecule has 0 amide bonds. The van der Waals surface area contributed by atoms with Gasteiger partial charge in [-0.2, -0.15) is 0 Å². The maximum Gasteiger partial charge on any atom is 0.318 e. The number of hydrogen-bond acceptors (Lipinski definition) is 6. The molecule has 0 aromatic heterocycles. The van der Waals surface area contributed by atoms with Crippen molar-refractivity contribution in [2.24, 2.45) is 0 Å². The Morgan fingerprint density at radius 1 is 0.765 bits per heavy atom. The van der Waals surface area contributed by atoms with Gasteiger partial charge in [0.1, 0.15) is 12.2 Å². The summed E-state index contributed by atoms with van der Waals surface area (Å²) < 4.78 is 24.2. The second-order valence-corrected chi connectivity index (χ2v) is 8.25. The minimum atomic E-state index is -1.18. The van der Waals surface area contributed by atoms with E-state index in [1.807, 2.05) is 91.0 Å². The van der Waals surface area contributed by atoms with Crippen LogP contribution < -0.4 is 0 Å². The van der Waals surface area contributed by atoms with E-state index < -0.39 is 29.5 Å². The molecule has 7 heteroatoms. The summed E-state index contributed by atoms with van der Waals surface area (Å²) in [5.41, 5.74) is 3.01. The first-order valence-corrected chi connectivity index (χ1v) is 11.4. The Morgan fingerprint density at radius 3 is 1.79 bits per heavy atom. The van der Waals surface area contributed by atoms with E-state index in [2.05, 4.69) is 0 Å². The Kier molecular flexibility index (Phi) is 8.76. The molecule has 1 heterocycles. The Hall–Kier alpha value is -3.10. The van der Waals surface area contributed by atoms with E-state index in [-0.39, 0.29) is 13.0 Å². The van der Waals surface area contributed by atoms with E-state index in [1.165, 1.54) is 0 Å². The quantitative estimate of drug-likeness (QED) is 0.301. The van der Waals surface area contributed by atoms with Crippen molar-refractivity contribution in [2.75, 3.05) is 6.61 Å². The molecule has 1 fully saturated rings. The van der Waals surface area contributed by atoms with Crippen molar-refractivity contribution in [3.63, 3.8) is 0 Å². The molecule has 1 aliphatic rings. The zero-order valence-corrected chi connectivity index (χ0v) is 18.9. The molecule has 4 atom stereocenters. The van der Waals surface area contributed by atoms with Crippen LogP contribution in [0.25, 0.3) is 0 Å². The lowest BCUT2D eigenvalue weighted by atomic mass is 10.00. The van der Waals surface area contributed by atoms with Gasteiger partial charge < -0.3 is 18.9 Å². The van der Waals surface area contributed by atoms with Gasteiger partial charge >= 0.3 is 6.23 Å². The third-order valence-electron chi connectivity index (χ3n) is 5.72. The van der Waals surface area contributed by atoms with E-state index in [4.69, 9.17) is 18.9 Å². The van der Waals surface area contributed by atoms with Crippen LogP contribution in [-0.2, 0) is 38.8 Å². The largest absolute Gasteiger partial charge is 0.374 e. The lowest BCUT2D eigenvalue weighted by Gasteiger charge is -2.38. The highest BCUT2D eigenvalue weighted by atomic mass is 16.7. The highest BCUT2D eigenvalue weighted by Crippen LogP contribution is 2.28. The fraction of sp³-hybridized carbons (Fsp3) is 0.333. The molecule has 0 bridgehead atoms. The minimum absolute atomic E-state index is 0.106. The van der Waals surface area contributed by atoms with Crippen molar-refractivity contribution in [3.05, 3.63) is 118 Å². The standard InChI is InChI=1S/C27H29NO6/c29-28(30)26-16-24(32-18-22-12-6-2-7-13-22)27(33-19-23-14-8-3-9-15-23)25(34-26)20-31-17-21-10-4-1-5-11-21/h1-15,24-27H,16-20H2/t24-,25-,26?,27+/m1/s1. The summed E-state index contributed by atoms with van der Waals surface area (Å²) in [4.78, 5) is 11.2. The molecule has 3 aromatic carbocycles. The monoisotopic (exact) mass is 463 g/mol. The first kappa shape index (κ1) is 24.0. The molecule has 1 unspecified atom stereocenters. The van der Waals surface area contributed by atoms with Gasteiger partial charge in [-0.05, 0) is 16.7 Å². The summed E-state index contributed by atoms with van der Waals surface area (Å²) in [7, 11) is 0. The van der Waals surface area contributed by atoms with Crippen molar-refractivity contribution in [1.82, 2.24) is 0 Å². The van der Waals surface area contributed by atoms with Crippen molar-refractivity contribution in [2.45, 2.75) is 50.8 Å². The zero-order valence-electron chi connectivity index (χ0n) is 18.9. The van der Waals surface area contributed by atoms with Gasteiger partial charge in [0.2, 0.25) is 0 Å². The van der Waals surface area contributed by atoms with Crippen molar-refractivity contribution >= 4 is 0 Å². The van der Waals surface area contributed by atoms with E-state index >= 15 is 0 Å². The molecule has 4 rings (SSSR count). The smallest absolute Gasteiger partial charge is 0.318 e. The van der Waals surface area contributed by atoms with Gasteiger partial charge in [-0.15, -0.1) is 0 Å². The minimum Gasteiger partial charge on any atom is -0.374 e. The van der Waals surface area contributed by atoms with E-state index in [9.17, 15) is 10.1 Å². The third-order valence-corrected chi connectivity index (χ3v) is 5.72. The summed E-state index contributed by atoms with van der Waals surface area (Å²) in [6, 6.07) is 29.3. The van der Waals surface area contributed by atoms with Crippen molar-refractivity contribution in [1.29, 1.82) is 0 Å². The van der Waals surface area contributed by atoms with Gasteiger partial charge in [0.05, 0.1) is 43.9 Å².